The first-order chi connectivity index (χ1) is 14.2. The van der Waals surface area contributed by atoms with Crippen molar-refractivity contribution in [2.24, 2.45) is 0 Å². The molecule has 0 amide bonds. The Morgan fingerprint density at radius 3 is 2.00 bits per heavy atom. The van der Waals surface area contributed by atoms with Crippen LogP contribution in [-0.4, -0.2) is 13.4 Å². The van der Waals surface area contributed by atoms with Crippen LogP contribution in [0.25, 0.3) is 22.0 Å². The number of hydrogen-bond donors (Lipinski definition) is 0. The first kappa shape index (κ1) is 20.0. The van der Waals surface area contributed by atoms with Crippen molar-refractivity contribution >= 4 is 20.7 Å². The van der Waals surface area contributed by atoms with Crippen molar-refractivity contribution in [1.29, 1.82) is 0 Å². The van der Waals surface area contributed by atoms with Crippen LogP contribution < -0.4 is 0 Å². The molecule has 152 valence electrons. The first-order valence-electron chi connectivity index (χ1n) is 8.43. The van der Waals surface area contributed by atoms with Gasteiger partial charge in [0.2, 0.25) is 9.84 Å². The second kappa shape index (κ2) is 7.17. The van der Waals surface area contributed by atoms with E-state index in [2.05, 4.69) is 4.98 Å². The Kier molecular flexibility index (Phi) is 4.77. The summed E-state index contributed by atoms with van der Waals surface area (Å²) >= 11 is 0. The molecular formula is C21H10F5NO2S. The fraction of sp³-hybridized carbons (Fsp3) is 0. The number of hydrogen-bond acceptors (Lipinski definition) is 3. The molecule has 4 aromatic rings. The predicted octanol–water partition coefficient (Wildman–Crippen LogP) is 5.43. The molecule has 0 spiro atoms. The van der Waals surface area contributed by atoms with E-state index in [1.165, 1.54) is 12.1 Å². The number of benzene rings is 3. The highest BCUT2D eigenvalue weighted by Gasteiger charge is 2.23. The quantitative estimate of drug-likeness (QED) is 0.319. The minimum atomic E-state index is -4.44. The number of halogens is 5. The molecule has 0 aliphatic heterocycles. The van der Waals surface area contributed by atoms with Gasteiger partial charge in [-0.1, -0.05) is 6.07 Å². The van der Waals surface area contributed by atoms with Gasteiger partial charge in [0.25, 0.3) is 0 Å². The fourth-order valence-electron chi connectivity index (χ4n) is 2.98. The highest BCUT2D eigenvalue weighted by Crippen LogP contribution is 2.33. The van der Waals surface area contributed by atoms with Gasteiger partial charge in [0.1, 0.15) is 5.82 Å². The Morgan fingerprint density at radius 1 is 0.667 bits per heavy atom. The molecule has 3 aromatic carbocycles. The number of nitrogens with zero attached hydrogens (tertiary/aromatic N) is 1. The Labute approximate surface area is 167 Å². The topological polar surface area (TPSA) is 47.0 Å². The van der Waals surface area contributed by atoms with Gasteiger partial charge in [-0.15, -0.1) is 0 Å². The van der Waals surface area contributed by atoms with E-state index < -0.39 is 48.8 Å². The monoisotopic (exact) mass is 435 g/mol. The molecule has 30 heavy (non-hydrogen) atoms. The minimum absolute atomic E-state index is 0.0709. The summed E-state index contributed by atoms with van der Waals surface area (Å²) in [6, 6.07) is 9.46. The largest absolute Gasteiger partial charge is 0.236 e. The zero-order chi connectivity index (χ0) is 21.6. The lowest BCUT2D eigenvalue weighted by molar-refractivity contribution is 0.504. The first-order valence-corrected chi connectivity index (χ1v) is 9.91. The van der Waals surface area contributed by atoms with Gasteiger partial charge in [0, 0.05) is 11.5 Å². The van der Waals surface area contributed by atoms with E-state index in [-0.39, 0.29) is 22.0 Å². The Balaban J connectivity index is 2.01. The number of sulfone groups is 1. The maximum absolute atomic E-state index is 13.8. The number of aromatic nitrogens is 1. The summed E-state index contributed by atoms with van der Waals surface area (Å²) < 4.78 is 93.5. The summed E-state index contributed by atoms with van der Waals surface area (Å²) in [4.78, 5) is 3.38. The van der Waals surface area contributed by atoms with Crippen LogP contribution in [0.15, 0.2) is 70.6 Å². The van der Waals surface area contributed by atoms with Gasteiger partial charge in [-0.05, 0) is 59.7 Å². The summed E-state index contributed by atoms with van der Waals surface area (Å²) in [5.74, 6) is -5.57. The van der Waals surface area contributed by atoms with Gasteiger partial charge < -0.3 is 0 Å². The highest BCUT2D eigenvalue weighted by molar-refractivity contribution is 7.91. The van der Waals surface area contributed by atoms with Crippen molar-refractivity contribution in [2.75, 3.05) is 0 Å². The highest BCUT2D eigenvalue weighted by atomic mass is 32.2. The third-order valence-corrected chi connectivity index (χ3v) is 6.09. The van der Waals surface area contributed by atoms with Gasteiger partial charge in [-0.25, -0.2) is 35.4 Å². The third kappa shape index (κ3) is 3.41. The lowest BCUT2D eigenvalue weighted by Crippen LogP contribution is -2.06. The van der Waals surface area contributed by atoms with Crippen molar-refractivity contribution in [2.45, 2.75) is 9.92 Å². The second-order valence-electron chi connectivity index (χ2n) is 6.38. The minimum Gasteiger partial charge on any atom is -0.236 e. The number of pyridine rings is 1. The van der Waals surface area contributed by atoms with E-state index in [4.69, 9.17) is 0 Å². The average Bonchev–Trinajstić information content (AvgIpc) is 2.71. The normalized spacial score (nSPS) is 11.8. The number of rotatable bonds is 3. The molecule has 0 atom stereocenters. The molecule has 0 bridgehead atoms. The molecule has 0 radical (unpaired) electrons. The molecule has 1 aromatic heterocycles. The molecule has 0 fully saturated rings. The van der Waals surface area contributed by atoms with Crippen LogP contribution in [0.4, 0.5) is 22.0 Å². The summed E-state index contributed by atoms with van der Waals surface area (Å²) in [7, 11) is -4.44. The second-order valence-corrected chi connectivity index (χ2v) is 8.27. The van der Waals surface area contributed by atoms with E-state index >= 15 is 0 Å². The molecule has 3 nitrogen and oxygen atoms in total. The van der Waals surface area contributed by atoms with E-state index in [1.807, 2.05) is 0 Å². The van der Waals surface area contributed by atoms with Crippen molar-refractivity contribution in [3.8, 4) is 11.1 Å². The predicted molar refractivity (Wildman–Crippen MR) is 98.9 cm³/mol. The molecule has 4 rings (SSSR count). The lowest BCUT2D eigenvalue weighted by atomic mass is 10.0. The molecular weight excluding hydrogens is 425 g/mol. The van der Waals surface area contributed by atoms with Gasteiger partial charge in [-0.2, -0.15) is 0 Å². The van der Waals surface area contributed by atoms with Gasteiger partial charge >= 0.3 is 0 Å². The maximum Gasteiger partial charge on any atom is 0.223 e. The van der Waals surface area contributed by atoms with Crippen LogP contribution in [0.3, 0.4) is 0 Å². The molecule has 0 unspecified atom stereocenters. The van der Waals surface area contributed by atoms with Gasteiger partial charge in [0.05, 0.1) is 10.4 Å². The van der Waals surface area contributed by atoms with Crippen molar-refractivity contribution in [3.05, 3.63) is 89.7 Å². The van der Waals surface area contributed by atoms with Crippen LogP contribution in [0.5, 0.6) is 0 Å². The molecule has 0 aliphatic rings. The summed E-state index contributed by atoms with van der Waals surface area (Å²) in [5, 5.41) is -0.307. The Bertz CT molecular complexity index is 1420. The van der Waals surface area contributed by atoms with Crippen molar-refractivity contribution < 1.29 is 30.4 Å². The Morgan fingerprint density at radius 2 is 1.33 bits per heavy atom. The number of fused-ring (bicyclic) bond motifs is 1. The average molecular weight is 435 g/mol. The summed E-state index contributed by atoms with van der Waals surface area (Å²) in [6.07, 6.45) is 0. The summed E-state index contributed by atoms with van der Waals surface area (Å²) in [5.41, 5.74) is 0.188. The van der Waals surface area contributed by atoms with E-state index in [0.29, 0.717) is 12.1 Å². The molecule has 0 N–H and O–H groups in total. The lowest BCUT2D eigenvalue weighted by Gasteiger charge is -2.11. The van der Waals surface area contributed by atoms with Crippen molar-refractivity contribution in [3.63, 3.8) is 0 Å². The van der Waals surface area contributed by atoms with Crippen molar-refractivity contribution in [1.82, 2.24) is 4.98 Å². The molecule has 0 saturated heterocycles. The van der Waals surface area contributed by atoms with Crippen LogP contribution in [0.2, 0.25) is 0 Å². The van der Waals surface area contributed by atoms with Crippen LogP contribution in [0, 0.1) is 29.1 Å². The Hall–Kier alpha value is -3.33. The third-order valence-electron chi connectivity index (χ3n) is 4.46. The summed E-state index contributed by atoms with van der Waals surface area (Å²) in [6.45, 7) is 0. The van der Waals surface area contributed by atoms with Gasteiger partial charge in [0.15, 0.2) is 28.3 Å². The SMILES string of the molecule is O=S(=O)(c1ccc(F)c(F)c1)c1cc(-c2ccc(F)c(F)c2)c2ccc(F)cc2n1. The van der Waals surface area contributed by atoms with Crippen LogP contribution in [0.1, 0.15) is 0 Å². The smallest absolute Gasteiger partial charge is 0.223 e. The van der Waals surface area contributed by atoms with E-state index in [1.54, 1.807) is 0 Å². The molecule has 0 aliphatic carbocycles. The molecule has 9 heteroatoms. The van der Waals surface area contributed by atoms with E-state index in [0.717, 1.165) is 36.4 Å². The van der Waals surface area contributed by atoms with Gasteiger partial charge in [-0.3, -0.25) is 0 Å². The molecule has 1 heterocycles. The zero-order valence-corrected chi connectivity index (χ0v) is 15.7. The molecule has 0 saturated carbocycles. The van der Waals surface area contributed by atoms with Crippen LogP contribution in [-0.2, 0) is 9.84 Å². The standard InChI is InChI=1S/C21H10F5NO2S/c22-12-2-4-14-15(11-1-5-16(23)18(25)7-11)10-21(27-20(14)8-12)30(28,29)13-3-6-17(24)19(26)9-13/h1-10H. The van der Waals surface area contributed by atoms with E-state index in [9.17, 15) is 30.4 Å². The van der Waals surface area contributed by atoms with Crippen LogP contribution >= 0.6 is 0 Å². The maximum atomic E-state index is 13.8. The fourth-order valence-corrected chi connectivity index (χ4v) is 4.22. The zero-order valence-electron chi connectivity index (χ0n) is 14.8.